The van der Waals surface area contributed by atoms with Crippen LogP contribution in [0.15, 0.2) is 42.6 Å². The molecule has 2 aromatic carbocycles. The van der Waals surface area contributed by atoms with Crippen molar-refractivity contribution in [1.29, 1.82) is 0 Å². The normalized spacial score (nSPS) is 11.1. The molecule has 1 aromatic heterocycles. The number of anilines is 1. The monoisotopic (exact) mass is 391 g/mol. The summed E-state index contributed by atoms with van der Waals surface area (Å²) in [7, 11) is 3.93. The lowest BCUT2D eigenvalue weighted by Gasteiger charge is -2.15. The summed E-state index contributed by atoms with van der Waals surface area (Å²) in [6.45, 7) is 1.25. The van der Waals surface area contributed by atoms with E-state index in [9.17, 15) is 4.79 Å². The highest BCUT2D eigenvalue weighted by molar-refractivity contribution is 6.35. The molecule has 3 aromatic rings. The highest BCUT2D eigenvalue weighted by Gasteiger charge is 2.15. The van der Waals surface area contributed by atoms with Gasteiger partial charge in [-0.05, 0) is 50.5 Å². The largest absolute Gasteiger partial charge is 0.490 e. The van der Waals surface area contributed by atoms with Gasteiger partial charge in [0.15, 0.2) is 0 Å². The molecule has 5 nitrogen and oxygen atoms in total. The van der Waals surface area contributed by atoms with Crippen LogP contribution in [0, 0.1) is 0 Å². The van der Waals surface area contributed by atoms with Crippen LogP contribution in [0.25, 0.3) is 10.9 Å². The first-order chi connectivity index (χ1) is 12.4. The van der Waals surface area contributed by atoms with Crippen molar-refractivity contribution in [2.24, 2.45) is 0 Å². The number of ether oxygens (including phenoxy) is 1. The van der Waals surface area contributed by atoms with Crippen molar-refractivity contribution in [2.75, 3.05) is 32.6 Å². The Hall–Kier alpha value is -2.21. The van der Waals surface area contributed by atoms with Crippen LogP contribution in [0.3, 0.4) is 0 Å². The highest BCUT2D eigenvalue weighted by atomic mass is 35.5. The quantitative estimate of drug-likeness (QED) is 0.641. The Morgan fingerprint density at radius 3 is 2.77 bits per heavy atom. The van der Waals surface area contributed by atoms with E-state index in [1.807, 2.05) is 25.1 Å². The number of H-pyrrole nitrogens is 1. The zero-order chi connectivity index (χ0) is 18.7. The molecule has 0 unspecified atom stereocenters. The molecule has 2 N–H and O–H groups in total. The van der Waals surface area contributed by atoms with Crippen LogP contribution >= 0.6 is 23.2 Å². The Morgan fingerprint density at radius 1 is 1.19 bits per heavy atom. The summed E-state index contributed by atoms with van der Waals surface area (Å²) in [5, 5.41) is 4.63. The van der Waals surface area contributed by atoms with Gasteiger partial charge in [-0.1, -0.05) is 23.2 Å². The van der Waals surface area contributed by atoms with Gasteiger partial charge in [0.05, 0.1) is 16.3 Å². The molecule has 7 heteroatoms. The second kappa shape index (κ2) is 7.99. The summed E-state index contributed by atoms with van der Waals surface area (Å²) in [5.41, 5.74) is 1.77. The third kappa shape index (κ3) is 4.30. The van der Waals surface area contributed by atoms with Gasteiger partial charge in [-0.2, -0.15) is 0 Å². The predicted octanol–water partition coefficient (Wildman–Crippen LogP) is 4.67. The SMILES string of the molecule is CN(C)CCOc1ccc(Cl)cc1NC(=O)c1cc2cc[nH]c2cc1Cl. The number of carbonyl (C=O) groups is 1. The molecule has 136 valence electrons. The number of hydrogen-bond donors (Lipinski definition) is 2. The third-order valence-corrected chi connectivity index (χ3v) is 4.42. The van der Waals surface area contributed by atoms with E-state index in [4.69, 9.17) is 27.9 Å². The van der Waals surface area contributed by atoms with E-state index in [0.717, 1.165) is 17.4 Å². The number of carbonyl (C=O) groups excluding carboxylic acids is 1. The first-order valence-corrected chi connectivity index (χ1v) is 8.84. The number of aromatic nitrogens is 1. The summed E-state index contributed by atoms with van der Waals surface area (Å²) in [6.07, 6.45) is 1.80. The van der Waals surface area contributed by atoms with E-state index in [1.165, 1.54) is 0 Å². The molecule has 1 heterocycles. The summed E-state index contributed by atoms with van der Waals surface area (Å²) in [6, 6.07) is 10.5. The average molecular weight is 392 g/mol. The molecule has 0 radical (unpaired) electrons. The molecule has 0 spiro atoms. The van der Waals surface area contributed by atoms with E-state index >= 15 is 0 Å². The van der Waals surface area contributed by atoms with Crippen LogP contribution < -0.4 is 10.1 Å². The Kier molecular flexibility index (Phi) is 5.71. The van der Waals surface area contributed by atoms with Gasteiger partial charge >= 0.3 is 0 Å². The fourth-order valence-electron chi connectivity index (χ4n) is 2.50. The molecular weight excluding hydrogens is 373 g/mol. The zero-order valence-electron chi connectivity index (χ0n) is 14.5. The molecule has 0 saturated carbocycles. The maximum atomic E-state index is 12.7. The zero-order valence-corrected chi connectivity index (χ0v) is 16.0. The summed E-state index contributed by atoms with van der Waals surface area (Å²) < 4.78 is 5.77. The molecule has 0 fully saturated rings. The molecule has 3 rings (SSSR count). The minimum atomic E-state index is -0.321. The van der Waals surface area contributed by atoms with Crippen molar-refractivity contribution in [2.45, 2.75) is 0 Å². The van der Waals surface area contributed by atoms with E-state index < -0.39 is 0 Å². The Morgan fingerprint density at radius 2 is 2.00 bits per heavy atom. The van der Waals surface area contributed by atoms with E-state index in [-0.39, 0.29) is 5.91 Å². The van der Waals surface area contributed by atoms with Gasteiger partial charge in [-0.25, -0.2) is 0 Å². The van der Waals surface area contributed by atoms with E-state index in [2.05, 4.69) is 10.3 Å². The fourth-order valence-corrected chi connectivity index (χ4v) is 2.92. The fraction of sp³-hybridized carbons (Fsp3) is 0.211. The molecule has 0 bridgehead atoms. The first kappa shape index (κ1) is 18.6. The van der Waals surface area contributed by atoms with Crippen LogP contribution in [-0.2, 0) is 0 Å². The number of nitrogens with zero attached hydrogens (tertiary/aromatic N) is 1. The maximum absolute atomic E-state index is 12.7. The van der Waals surface area contributed by atoms with Crippen molar-refractivity contribution in [3.8, 4) is 5.75 Å². The van der Waals surface area contributed by atoms with Crippen molar-refractivity contribution in [3.05, 3.63) is 58.2 Å². The summed E-state index contributed by atoms with van der Waals surface area (Å²) in [5.74, 6) is 0.237. The molecule has 0 aliphatic carbocycles. The average Bonchev–Trinajstić information content (AvgIpc) is 3.02. The lowest BCUT2D eigenvalue weighted by molar-refractivity contribution is 0.102. The minimum Gasteiger partial charge on any atom is -0.490 e. The van der Waals surface area contributed by atoms with Gasteiger partial charge in [0.1, 0.15) is 12.4 Å². The number of fused-ring (bicyclic) bond motifs is 1. The first-order valence-electron chi connectivity index (χ1n) is 8.09. The predicted molar refractivity (Wildman–Crippen MR) is 107 cm³/mol. The van der Waals surface area contributed by atoms with Gasteiger partial charge < -0.3 is 19.9 Å². The topological polar surface area (TPSA) is 57.4 Å². The molecule has 0 aliphatic rings. The molecule has 26 heavy (non-hydrogen) atoms. The van der Waals surface area contributed by atoms with Gasteiger partial charge in [0.25, 0.3) is 5.91 Å². The summed E-state index contributed by atoms with van der Waals surface area (Å²) in [4.78, 5) is 17.8. The van der Waals surface area contributed by atoms with Crippen LogP contribution in [0.5, 0.6) is 5.75 Å². The van der Waals surface area contributed by atoms with Gasteiger partial charge in [-0.3, -0.25) is 4.79 Å². The van der Waals surface area contributed by atoms with Gasteiger partial charge in [0.2, 0.25) is 0 Å². The molecular formula is C19H19Cl2N3O2. The second-order valence-electron chi connectivity index (χ2n) is 6.14. The number of likely N-dealkylation sites (N-methyl/N-ethyl adjacent to an activating group) is 1. The standard InChI is InChI=1S/C19H19Cl2N3O2/c1-24(2)7-8-26-18-4-3-13(20)10-17(18)23-19(25)14-9-12-5-6-22-16(12)11-15(14)21/h3-6,9-11,22H,7-8H2,1-2H3,(H,23,25). The second-order valence-corrected chi connectivity index (χ2v) is 6.99. The highest BCUT2D eigenvalue weighted by Crippen LogP contribution is 2.30. The van der Waals surface area contributed by atoms with Crippen molar-refractivity contribution in [3.63, 3.8) is 0 Å². The minimum absolute atomic E-state index is 0.321. The molecule has 1 amide bonds. The van der Waals surface area contributed by atoms with Crippen LogP contribution in [-0.4, -0.2) is 43.0 Å². The van der Waals surface area contributed by atoms with Crippen molar-refractivity contribution < 1.29 is 9.53 Å². The molecule has 0 atom stereocenters. The Balaban J connectivity index is 1.83. The molecule has 0 aliphatic heterocycles. The smallest absolute Gasteiger partial charge is 0.257 e. The van der Waals surface area contributed by atoms with Gasteiger partial charge in [0, 0.05) is 28.7 Å². The lowest BCUT2D eigenvalue weighted by Crippen LogP contribution is -2.20. The number of halogens is 2. The van der Waals surface area contributed by atoms with Crippen LogP contribution in [0.1, 0.15) is 10.4 Å². The van der Waals surface area contributed by atoms with Gasteiger partial charge in [-0.15, -0.1) is 0 Å². The van der Waals surface area contributed by atoms with Crippen LogP contribution in [0.4, 0.5) is 5.69 Å². The van der Waals surface area contributed by atoms with Crippen molar-refractivity contribution >= 4 is 45.7 Å². The maximum Gasteiger partial charge on any atom is 0.257 e. The number of hydrogen-bond acceptors (Lipinski definition) is 3. The lowest BCUT2D eigenvalue weighted by atomic mass is 10.1. The Labute approximate surface area is 161 Å². The number of benzene rings is 2. The Bertz CT molecular complexity index is 938. The number of aromatic amines is 1. The van der Waals surface area contributed by atoms with Crippen molar-refractivity contribution in [1.82, 2.24) is 9.88 Å². The third-order valence-electron chi connectivity index (χ3n) is 3.87. The molecule has 0 saturated heterocycles. The number of nitrogens with one attached hydrogen (secondary N) is 2. The number of rotatable bonds is 6. The van der Waals surface area contributed by atoms with E-state index in [1.54, 1.807) is 36.5 Å². The van der Waals surface area contributed by atoms with E-state index in [0.29, 0.717) is 33.7 Å². The summed E-state index contributed by atoms with van der Waals surface area (Å²) >= 11 is 12.3. The van der Waals surface area contributed by atoms with Crippen LogP contribution in [0.2, 0.25) is 10.0 Å². The number of amides is 1.